The van der Waals surface area contributed by atoms with Crippen molar-refractivity contribution in [3.8, 4) is 0 Å². The van der Waals surface area contributed by atoms with Gasteiger partial charge in [0.1, 0.15) is 0 Å². The van der Waals surface area contributed by atoms with Crippen LogP contribution >= 0.6 is 0 Å². The Morgan fingerprint density at radius 1 is 1.08 bits per heavy atom. The van der Waals surface area contributed by atoms with Gasteiger partial charge in [0.2, 0.25) is 11.8 Å². The second kappa shape index (κ2) is 7.23. The minimum Gasteiger partial charge on any atom is -0.358 e. The molecule has 3 amide bonds. The summed E-state index contributed by atoms with van der Waals surface area (Å²) in [4.78, 5) is 41.4. The van der Waals surface area contributed by atoms with Crippen molar-refractivity contribution in [3.05, 3.63) is 29.3 Å². The number of carbonyl (C=O) groups excluding carboxylic acids is 3. The first-order valence-corrected chi connectivity index (χ1v) is 8.63. The molecule has 2 aliphatic heterocycles. The number of likely N-dealkylation sites (N-methyl/N-ethyl adjacent to an activating group) is 1. The van der Waals surface area contributed by atoms with Crippen LogP contribution in [0.4, 0.5) is 5.69 Å². The van der Waals surface area contributed by atoms with E-state index in [0.29, 0.717) is 44.8 Å². The van der Waals surface area contributed by atoms with E-state index >= 15 is 0 Å². The van der Waals surface area contributed by atoms with Crippen molar-refractivity contribution >= 4 is 23.4 Å². The second-order valence-corrected chi connectivity index (χ2v) is 6.51. The number of hydrogen-bond donors (Lipinski definition) is 1. The average Bonchev–Trinajstić information content (AvgIpc) is 3.05. The molecule has 0 spiro atoms. The molecule has 2 aliphatic rings. The van der Waals surface area contributed by atoms with E-state index in [-0.39, 0.29) is 17.7 Å². The molecule has 0 unspecified atom stereocenters. The van der Waals surface area contributed by atoms with Gasteiger partial charge in [-0.3, -0.25) is 19.3 Å². The van der Waals surface area contributed by atoms with Crippen molar-refractivity contribution in [2.45, 2.75) is 13.3 Å². The third kappa shape index (κ3) is 3.66. The molecule has 134 valence electrons. The maximum Gasteiger partial charge on any atom is 0.253 e. The minimum absolute atomic E-state index is 0.00609. The first-order valence-electron chi connectivity index (χ1n) is 8.63. The lowest BCUT2D eigenvalue weighted by atomic mass is 10.1. The summed E-state index contributed by atoms with van der Waals surface area (Å²) in [5.74, 6) is 0.0437. The number of carbonyl (C=O) groups is 3. The number of hydrogen-bond acceptors (Lipinski definition) is 4. The lowest BCUT2D eigenvalue weighted by Gasteiger charge is -2.34. The quantitative estimate of drug-likeness (QED) is 0.844. The Balaban J connectivity index is 1.63. The van der Waals surface area contributed by atoms with Crippen molar-refractivity contribution in [2.75, 3.05) is 51.2 Å². The monoisotopic (exact) mass is 344 g/mol. The van der Waals surface area contributed by atoms with E-state index in [1.807, 2.05) is 17.0 Å². The Morgan fingerprint density at radius 3 is 2.44 bits per heavy atom. The number of benzene rings is 1. The Hall–Kier alpha value is -2.41. The van der Waals surface area contributed by atoms with Crippen LogP contribution in [0.1, 0.15) is 22.8 Å². The molecule has 0 atom stereocenters. The van der Waals surface area contributed by atoms with Gasteiger partial charge in [0.15, 0.2) is 0 Å². The number of rotatable bonds is 3. The maximum absolute atomic E-state index is 12.7. The number of piperazine rings is 1. The van der Waals surface area contributed by atoms with Crippen LogP contribution in [-0.4, -0.2) is 73.8 Å². The predicted octanol–water partition coefficient (Wildman–Crippen LogP) is 0.0994. The molecule has 0 saturated carbocycles. The predicted molar refractivity (Wildman–Crippen MR) is 94.6 cm³/mol. The number of fused-ring (bicyclic) bond motifs is 1. The molecule has 0 bridgehead atoms. The van der Waals surface area contributed by atoms with Gasteiger partial charge in [-0.15, -0.1) is 0 Å². The third-order valence-corrected chi connectivity index (χ3v) is 4.91. The summed E-state index contributed by atoms with van der Waals surface area (Å²) >= 11 is 0. The molecule has 3 rings (SSSR count). The molecule has 1 saturated heterocycles. The van der Waals surface area contributed by atoms with E-state index in [0.717, 1.165) is 17.7 Å². The van der Waals surface area contributed by atoms with E-state index in [1.54, 1.807) is 24.9 Å². The Morgan fingerprint density at radius 2 is 1.80 bits per heavy atom. The van der Waals surface area contributed by atoms with Crippen molar-refractivity contribution in [1.29, 1.82) is 0 Å². The first-order chi connectivity index (χ1) is 12.0. The summed E-state index contributed by atoms with van der Waals surface area (Å²) in [5, 5.41) is 2.62. The highest BCUT2D eigenvalue weighted by Crippen LogP contribution is 2.29. The van der Waals surface area contributed by atoms with Gasteiger partial charge < -0.3 is 15.1 Å². The van der Waals surface area contributed by atoms with Crippen LogP contribution in [0.3, 0.4) is 0 Å². The molecule has 1 aromatic carbocycles. The van der Waals surface area contributed by atoms with E-state index in [2.05, 4.69) is 10.2 Å². The van der Waals surface area contributed by atoms with Crippen LogP contribution in [0, 0.1) is 0 Å². The smallest absolute Gasteiger partial charge is 0.253 e. The highest BCUT2D eigenvalue weighted by Gasteiger charge is 2.26. The highest BCUT2D eigenvalue weighted by atomic mass is 16.2. The zero-order chi connectivity index (χ0) is 18.0. The molecule has 1 aromatic rings. The fourth-order valence-corrected chi connectivity index (χ4v) is 3.44. The van der Waals surface area contributed by atoms with Gasteiger partial charge >= 0.3 is 0 Å². The normalized spacial score (nSPS) is 17.4. The van der Waals surface area contributed by atoms with Crippen molar-refractivity contribution < 1.29 is 14.4 Å². The zero-order valence-corrected chi connectivity index (χ0v) is 14.7. The fourth-order valence-electron chi connectivity index (χ4n) is 3.44. The van der Waals surface area contributed by atoms with Crippen molar-refractivity contribution in [3.63, 3.8) is 0 Å². The van der Waals surface area contributed by atoms with Crippen LogP contribution in [0.2, 0.25) is 0 Å². The lowest BCUT2D eigenvalue weighted by molar-refractivity contribution is -0.122. The average molecular weight is 344 g/mol. The standard InChI is InChI=1S/C18H24N4O3/c1-13(23)22-6-5-14-11-15(3-4-16(14)22)18(25)21-9-7-20(8-10-21)12-17(24)19-2/h3-4,11H,5-10,12H2,1-2H3,(H,19,24). The van der Waals surface area contributed by atoms with Gasteiger partial charge in [-0.1, -0.05) is 0 Å². The van der Waals surface area contributed by atoms with E-state index in [4.69, 9.17) is 0 Å². The minimum atomic E-state index is -0.00609. The number of nitrogens with zero attached hydrogens (tertiary/aromatic N) is 3. The highest BCUT2D eigenvalue weighted by molar-refractivity contribution is 5.98. The molecule has 0 aliphatic carbocycles. The van der Waals surface area contributed by atoms with Crippen molar-refractivity contribution in [1.82, 2.24) is 15.1 Å². The van der Waals surface area contributed by atoms with Gasteiger partial charge in [0.25, 0.3) is 5.91 Å². The maximum atomic E-state index is 12.7. The molecule has 7 heteroatoms. The van der Waals surface area contributed by atoms with Crippen molar-refractivity contribution in [2.24, 2.45) is 0 Å². The summed E-state index contributed by atoms with van der Waals surface area (Å²) in [5.41, 5.74) is 2.64. The molecule has 1 fully saturated rings. The van der Waals surface area contributed by atoms with Gasteiger partial charge in [-0.25, -0.2) is 0 Å². The Kier molecular flexibility index (Phi) is 5.03. The molecule has 25 heavy (non-hydrogen) atoms. The van der Waals surface area contributed by atoms with Crippen LogP contribution in [-0.2, 0) is 16.0 Å². The molecule has 0 aromatic heterocycles. The topological polar surface area (TPSA) is 73.0 Å². The van der Waals surface area contributed by atoms with E-state index in [1.165, 1.54) is 0 Å². The van der Waals surface area contributed by atoms with E-state index in [9.17, 15) is 14.4 Å². The summed E-state index contributed by atoms with van der Waals surface area (Å²) in [7, 11) is 1.63. The van der Waals surface area contributed by atoms with Gasteiger partial charge in [0.05, 0.1) is 6.54 Å². The lowest BCUT2D eigenvalue weighted by Crippen LogP contribution is -2.50. The van der Waals surface area contributed by atoms with Gasteiger partial charge in [-0.05, 0) is 30.2 Å². The summed E-state index contributed by atoms with van der Waals surface area (Å²) < 4.78 is 0. The second-order valence-electron chi connectivity index (χ2n) is 6.51. The first kappa shape index (κ1) is 17.4. The molecular weight excluding hydrogens is 320 g/mol. The third-order valence-electron chi connectivity index (χ3n) is 4.91. The zero-order valence-electron chi connectivity index (χ0n) is 14.7. The Labute approximate surface area is 147 Å². The molecule has 7 nitrogen and oxygen atoms in total. The van der Waals surface area contributed by atoms with Crippen LogP contribution < -0.4 is 10.2 Å². The largest absolute Gasteiger partial charge is 0.358 e. The Bertz CT molecular complexity index is 696. The molecule has 0 radical (unpaired) electrons. The SMILES string of the molecule is CNC(=O)CN1CCN(C(=O)c2ccc3c(c2)CCN3C(C)=O)CC1. The molecule has 1 N–H and O–H groups in total. The number of amides is 3. The summed E-state index contributed by atoms with van der Waals surface area (Å²) in [6.45, 7) is 5.24. The van der Waals surface area contributed by atoms with E-state index < -0.39 is 0 Å². The number of anilines is 1. The number of nitrogens with one attached hydrogen (secondary N) is 1. The van der Waals surface area contributed by atoms with Crippen LogP contribution in [0.5, 0.6) is 0 Å². The van der Waals surface area contributed by atoms with Gasteiger partial charge in [0, 0.05) is 57.9 Å². The summed E-state index contributed by atoms with van der Waals surface area (Å²) in [6.07, 6.45) is 0.788. The summed E-state index contributed by atoms with van der Waals surface area (Å²) in [6, 6.07) is 5.59. The van der Waals surface area contributed by atoms with Crippen LogP contribution in [0.15, 0.2) is 18.2 Å². The van der Waals surface area contributed by atoms with Crippen LogP contribution in [0.25, 0.3) is 0 Å². The molecular formula is C18H24N4O3. The fraction of sp³-hybridized carbons (Fsp3) is 0.500. The van der Waals surface area contributed by atoms with Gasteiger partial charge in [-0.2, -0.15) is 0 Å². The molecule has 2 heterocycles.